The highest BCUT2D eigenvalue weighted by Crippen LogP contribution is 2.31. The maximum absolute atomic E-state index is 11.7. The van der Waals surface area contributed by atoms with Crippen LogP contribution in [0.4, 0.5) is 0 Å². The van der Waals surface area contributed by atoms with Crippen LogP contribution in [0.1, 0.15) is 129 Å². The van der Waals surface area contributed by atoms with Gasteiger partial charge in [-0.2, -0.15) is 0 Å². The summed E-state index contributed by atoms with van der Waals surface area (Å²) in [4.78, 5) is 11.7. The Kier molecular flexibility index (Phi) is 17.7. The van der Waals surface area contributed by atoms with Gasteiger partial charge in [-0.25, -0.2) is 0 Å². The molecule has 0 aliphatic carbocycles. The van der Waals surface area contributed by atoms with Gasteiger partial charge in [0.2, 0.25) is 0 Å². The van der Waals surface area contributed by atoms with Gasteiger partial charge in [0.15, 0.2) is 0 Å². The van der Waals surface area contributed by atoms with Crippen LogP contribution in [0.3, 0.4) is 0 Å². The smallest absolute Gasteiger partial charge is 0.313 e. The zero-order chi connectivity index (χ0) is 22.6. The standard InChI is InChI=1S/C28H50O3/c1-3-5-7-9-10-11-12-13-14-15-16-17-18-19-20-22-25(29)24-27-26(28(30)31-27)23-21-8-6-4-2/h10-11,13-14,25-27,29H,3-9,12,15-24H2,1-2H3/t25?,26-,27-/m1/s1. The minimum atomic E-state index is -0.325. The zero-order valence-corrected chi connectivity index (χ0v) is 20.5. The number of aliphatic hydroxyl groups excluding tert-OH is 1. The van der Waals surface area contributed by atoms with E-state index in [1.165, 1.54) is 77.0 Å². The monoisotopic (exact) mass is 434 g/mol. The van der Waals surface area contributed by atoms with Crippen LogP contribution in [0.2, 0.25) is 0 Å². The average Bonchev–Trinajstić information content (AvgIpc) is 2.76. The lowest BCUT2D eigenvalue weighted by atomic mass is 9.86. The second-order valence-electron chi connectivity index (χ2n) is 9.34. The fraction of sp³-hybridized carbons (Fsp3) is 0.821. The van der Waals surface area contributed by atoms with Gasteiger partial charge in [0.05, 0.1) is 12.0 Å². The summed E-state index contributed by atoms with van der Waals surface area (Å²) in [5, 5.41) is 10.3. The number of allylic oxidation sites excluding steroid dienone is 4. The molecule has 0 aromatic carbocycles. The first kappa shape index (κ1) is 27.9. The average molecular weight is 435 g/mol. The van der Waals surface area contributed by atoms with E-state index in [0.717, 1.165) is 32.1 Å². The maximum Gasteiger partial charge on any atom is 0.313 e. The summed E-state index contributed by atoms with van der Waals surface area (Å²) in [6.45, 7) is 4.44. The van der Waals surface area contributed by atoms with E-state index in [0.29, 0.717) is 6.42 Å². The summed E-state index contributed by atoms with van der Waals surface area (Å²) in [5.74, 6) is -0.0122. The molecule has 1 heterocycles. The van der Waals surface area contributed by atoms with Crippen molar-refractivity contribution in [3.8, 4) is 0 Å². The van der Waals surface area contributed by atoms with Crippen molar-refractivity contribution in [3.63, 3.8) is 0 Å². The quantitative estimate of drug-likeness (QED) is 0.113. The third-order valence-electron chi connectivity index (χ3n) is 6.38. The van der Waals surface area contributed by atoms with Crippen LogP contribution in [-0.4, -0.2) is 23.3 Å². The molecule has 1 fully saturated rings. The minimum absolute atomic E-state index is 0.0381. The van der Waals surface area contributed by atoms with Crippen LogP contribution in [-0.2, 0) is 9.53 Å². The summed E-state index contributed by atoms with van der Waals surface area (Å²) in [6, 6.07) is 0. The van der Waals surface area contributed by atoms with Crippen molar-refractivity contribution in [2.75, 3.05) is 0 Å². The van der Waals surface area contributed by atoms with Crippen molar-refractivity contribution in [1.82, 2.24) is 0 Å². The van der Waals surface area contributed by atoms with Gasteiger partial charge >= 0.3 is 5.97 Å². The van der Waals surface area contributed by atoms with Crippen LogP contribution in [0.15, 0.2) is 24.3 Å². The van der Waals surface area contributed by atoms with Crippen LogP contribution in [0, 0.1) is 5.92 Å². The minimum Gasteiger partial charge on any atom is -0.461 e. The molecule has 0 spiro atoms. The van der Waals surface area contributed by atoms with Gasteiger partial charge in [-0.1, -0.05) is 102 Å². The van der Waals surface area contributed by atoms with Crippen molar-refractivity contribution in [3.05, 3.63) is 24.3 Å². The van der Waals surface area contributed by atoms with Gasteiger partial charge in [-0.3, -0.25) is 4.79 Å². The highest BCUT2D eigenvalue weighted by molar-refractivity contribution is 5.78. The molecule has 3 heteroatoms. The third kappa shape index (κ3) is 14.6. The summed E-state index contributed by atoms with van der Waals surface area (Å²) >= 11 is 0. The highest BCUT2D eigenvalue weighted by atomic mass is 16.6. The maximum atomic E-state index is 11.7. The first-order valence-corrected chi connectivity index (χ1v) is 13.4. The van der Waals surface area contributed by atoms with E-state index < -0.39 is 0 Å². The molecule has 1 unspecified atom stereocenters. The van der Waals surface area contributed by atoms with Crippen LogP contribution in [0.5, 0.6) is 0 Å². The Hall–Kier alpha value is -1.09. The second-order valence-corrected chi connectivity index (χ2v) is 9.34. The summed E-state index contributed by atoms with van der Waals surface area (Å²) in [5.41, 5.74) is 0. The highest BCUT2D eigenvalue weighted by Gasteiger charge is 2.42. The van der Waals surface area contributed by atoms with Gasteiger partial charge in [0, 0.05) is 6.42 Å². The number of unbranched alkanes of at least 4 members (excludes halogenated alkanes) is 11. The molecule has 3 atom stereocenters. The fourth-order valence-electron chi connectivity index (χ4n) is 4.28. The number of aliphatic hydroxyl groups is 1. The lowest BCUT2D eigenvalue weighted by Gasteiger charge is -2.36. The van der Waals surface area contributed by atoms with Crippen molar-refractivity contribution in [2.24, 2.45) is 5.92 Å². The molecule has 0 saturated carbocycles. The van der Waals surface area contributed by atoms with E-state index in [9.17, 15) is 9.90 Å². The molecule has 1 N–H and O–H groups in total. The molecular formula is C28H50O3. The Bertz CT molecular complexity index is 483. The number of ether oxygens (including phenoxy) is 1. The van der Waals surface area contributed by atoms with Crippen molar-refractivity contribution in [1.29, 1.82) is 0 Å². The molecule has 1 aliphatic heterocycles. The SMILES string of the molecule is CCCCCC=CCC=CCCCCCCCC(O)C[C@H]1OC(=O)[C@@H]1CCCCCC. The molecule has 0 radical (unpaired) electrons. The molecule has 3 nitrogen and oxygen atoms in total. The number of carbonyl (C=O) groups is 1. The summed E-state index contributed by atoms with van der Waals surface area (Å²) < 4.78 is 5.30. The third-order valence-corrected chi connectivity index (χ3v) is 6.38. The first-order chi connectivity index (χ1) is 15.2. The van der Waals surface area contributed by atoms with Gasteiger partial charge in [-0.05, 0) is 44.9 Å². The summed E-state index contributed by atoms with van der Waals surface area (Å²) in [7, 11) is 0. The molecule has 1 aliphatic rings. The molecule has 31 heavy (non-hydrogen) atoms. The van der Waals surface area contributed by atoms with Gasteiger partial charge in [-0.15, -0.1) is 0 Å². The van der Waals surface area contributed by atoms with E-state index in [1.807, 2.05) is 0 Å². The van der Waals surface area contributed by atoms with Crippen molar-refractivity contribution >= 4 is 5.97 Å². The van der Waals surface area contributed by atoms with Crippen LogP contribution in [0.25, 0.3) is 0 Å². The number of hydrogen-bond donors (Lipinski definition) is 1. The lowest BCUT2D eigenvalue weighted by Crippen LogP contribution is -2.46. The van der Waals surface area contributed by atoms with Crippen LogP contribution >= 0.6 is 0 Å². The van der Waals surface area contributed by atoms with E-state index in [1.54, 1.807) is 0 Å². The number of cyclic esters (lactones) is 1. The first-order valence-electron chi connectivity index (χ1n) is 13.4. The predicted octanol–water partition coefficient (Wildman–Crippen LogP) is 8.06. The fourth-order valence-corrected chi connectivity index (χ4v) is 4.28. The molecule has 0 amide bonds. The Morgan fingerprint density at radius 3 is 2.06 bits per heavy atom. The second kappa shape index (κ2) is 19.6. The largest absolute Gasteiger partial charge is 0.461 e. The molecular weight excluding hydrogens is 384 g/mol. The normalized spacial score (nSPS) is 19.8. The molecule has 0 bridgehead atoms. The number of esters is 1. The number of hydrogen-bond acceptors (Lipinski definition) is 3. The Balaban J connectivity index is 1.92. The Labute approximate surface area is 192 Å². The van der Waals surface area contributed by atoms with E-state index >= 15 is 0 Å². The number of rotatable bonds is 21. The molecule has 1 rings (SSSR count). The molecule has 1 saturated heterocycles. The molecule has 0 aromatic rings. The lowest BCUT2D eigenvalue weighted by molar-refractivity contribution is -0.188. The zero-order valence-electron chi connectivity index (χ0n) is 20.5. The van der Waals surface area contributed by atoms with Gasteiger partial charge < -0.3 is 9.84 Å². The molecule has 0 aromatic heterocycles. The molecule has 180 valence electrons. The van der Waals surface area contributed by atoms with Crippen LogP contribution < -0.4 is 0 Å². The predicted molar refractivity (Wildman–Crippen MR) is 132 cm³/mol. The van der Waals surface area contributed by atoms with E-state index in [2.05, 4.69) is 38.2 Å². The Morgan fingerprint density at radius 2 is 1.39 bits per heavy atom. The Morgan fingerprint density at radius 1 is 0.806 bits per heavy atom. The summed E-state index contributed by atoms with van der Waals surface area (Å²) in [6.07, 6.45) is 29.5. The number of carbonyl (C=O) groups excluding carboxylic acids is 1. The van der Waals surface area contributed by atoms with Crippen molar-refractivity contribution in [2.45, 2.75) is 142 Å². The topological polar surface area (TPSA) is 46.5 Å². The van der Waals surface area contributed by atoms with E-state index in [-0.39, 0.29) is 24.1 Å². The van der Waals surface area contributed by atoms with E-state index in [4.69, 9.17) is 4.74 Å². The van der Waals surface area contributed by atoms with Gasteiger partial charge in [0.1, 0.15) is 6.10 Å². The van der Waals surface area contributed by atoms with Gasteiger partial charge in [0.25, 0.3) is 0 Å². The van der Waals surface area contributed by atoms with Crippen molar-refractivity contribution < 1.29 is 14.6 Å².